The van der Waals surface area contributed by atoms with Crippen molar-refractivity contribution >= 4 is 22.9 Å². The predicted molar refractivity (Wildman–Crippen MR) is 153 cm³/mol. The van der Waals surface area contributed by atoms with Gasteiger partial charge in [0.2, 0.25) is 0 Å². The Hall–Kier alpha value is -3.48. The minimum absolute atomic E-state index is 0.0817. The maximum atomic E-state index is 13.7. The fraction of sp³-hybridized carbons (Fsp3) is 0.290. The van der Waals surface area contributed by atoms with Crippen molar-refractivity contribution in [1.29, 1.82) is 0 Å². The SMILES string of the molecule is Cc1cc(C)cc(N=c2scc(C(=O)NC(Cc3ccccc3)c3ccccc3)n2CCCCCN)c1. The van der Waals surface area contributed by atoms with Crippen LogP contribution in [0.3, 0.4) is 0 Å². The summed E-state index contributed by atoms with van der Waals surface area (Å²) in [5.74, 6) is -0.0817. The summed E-state index contributed by atoms with van der Waals surface area (Å²) in [6.45, 7) is 5.57. The van der Waals surface area contributed by atoms with Gasteiger partial charge in [0.25, 0.3) is 5.91 Å². The van der Waals surface area contributed by atoms with Crippen LogP contribution in [0, 0.1) is 13.8 Å². The number of aryl methyl sites for hydroxylation is 2. The molecule has 3 N–H and O–H groups in total. The first kappa shape index (κ1) is 26.6. The fourth-order valence-electron chi connectivity index (χ4n) is 4.55. The van der Waals surface area contributed by atoms with Gasteiger partial charge < -0.3 is 15.6 Å². The molecule has 1 unspecified atom stereocenters. The van der Waals surface area contributed by atoms with Gasteiger partial charge in [0.05, 0.1) is 11.7 Å². The van der Waals surface area contributed by atoms with Crippen LogP contribution in [0.4, 0.5) is 5.69 Å². The molecule has 1 heterocycles. The van der Waals surface area contributed by atoms with Crippen molar-refractivity contribution < 1.29 is 4.79 Å². The van der Waals surface area contributed by atoms with Crippen molar-refractivity contribution in [2.45, 2.75) is 52.1 Å². The van der Waals surface area contributed by atoms with Crippen molar-refractivity contribution in [2.24, 2.45) is 10.7 Å². The van der Waals surface area contributed by atoms with E-state index < -0.39 is 0 Å². The molecular formula is C31H36N4OS. The van der Waals surface area contributed by atoms with Gasteiger partial charge in [-0.25, -0.2) is 4.99 Å². The van der Waals surface area contributed by atoms with Gasteiger partial charge in [-0.15, -0.1) is 11.3 Å². The van der Waals surface area contributed by atoms with E-state index in [-0.39, 0.29) is 11.9 Å². The number of aromatic nitrogens is 1. The van der Waals surface area contributed by atoms with E-state index in [0.717, 1.165) is 48.3 Å². The lowest BCUT2D eigenvalue weighted by atomic mass is 9.98. The summed E-state index contributed by atoms with van der Waals surface area (Å²) in [7, 11) is 0. The summed E-state index contributed by atoms with van der Waals surface area (Å²) in [5.41, 5.74) is 11.9. The second-order valence-corrected chi connectivity index (χ2v) is 10.3. The lowest BCUT2D eigenvalue weighted by Gasteiger charge is -2.20. The highest BCUT2D eigenvalue weighted by molar-refractivity contribution is 7.07. The van der Waals surface area contributed by atoms with Gasteiger partial charge in [-0.3, -0.25) is 4.79 Å². The molecule has 4 aromatic rings. The van der Waals surface area contributed by atoms with Crippen LogP contribution in [0.25, 0.3) is 0 Å². The molecule has 4 rings (SSSR count). The van der Waals surface area contributed by atoms with Gasteiger partial charge in [0.1, 0.15) is 5.69 Å². The fourth-order valence-corrected chi connectivity index (χ4v) is 5.48. The zero-order valence-electron chi connectivity index (χ0n) is 21.7. The number of amides is 1. The van der Waals surface area contributed by atoms with E-state index in [1.165, 1.54) is 28.0 Å². The quantitative estimate of drug-likeness (QED) is 0.233. The number of thiazole rings is 1. The van der Waals surface area contributed by atoms with Crippen LogP contribution in [0.5, 0.6) is 0 Å². The highest BCUT2D eigenvalue weighted by atomic mass is 32.1. The lowest BCUT2D eigenvalue weighted by molar-refractivity contribution is 0.0926. The molecular weight excluding hydrogens is 476 g/mol. The summed E-state index contributed by atoms with van der Waals surface area (Å²) in [5, 5.41) is 5.26. The van der Waals surface area contributed by atoms with Crippen LogP contribution in [0.2, 0.25) is 0 Å². The number of carbonyl (C=O) groups excluding carboxylic acids is 1. The van der Waals surface area contributed by atoms with E-state index in [0.29, 0.717) is 12.2 Å². The predicted octanol–water partition coefficient (Wildman–Crippen LogP) is 6.24. The summed E-state index contributed by atoms with van der Waals surface area (Å²) < 4.78 is 2.07. The summed E-state index contributed by atoms with van der Waals surface area (Å²) in [6, 6.07) is 26.6. The zero-order valence-corrected chi connectivity index (χ0v) is 22.5. The Labute approximate surface area is 223 Å². The molecule has 1 amide bonds. The van der Waals surface area contributed by atoms with E-state index >= 15 is 0 Å². The monoisotopic (exact) mass is 512 g/mol. The third-order valence-corrected chi connectivity index (χ3v) is 7.20. The van der Waals surface area contributed by atoms with Crippen molar-refractivity contribution in [2.75, 3.05) is 6.54 Å². The number of hydrogen-bond acceptors (Lipinski definition) is 4. The number of nitrogens with one attached hydrogen (secondary N) is 1. The number of nitrogens with zero attached hydrogens (tertiary/aromatic N) is 2. The van der Waals surface area contributed by atoms with Gasteiger partial charge in [0, 0.05) is 11.9 Å². The Morgan fingerprint density at radius 2 is 1.62 bits per heavy atom. The Bertz CT molecular complexity index is 1340. The average molecular weight is 513 g/mol. The summed E-state index contributed by atoms with van der Waals surface area (Å²) in [6.07, 6.45) is 3.66. The number of rotatable bonds is 11. The lowest BCUT2D eigenvalue weighted by Crippen LogP contribution is -2.33. The van der Waals surface area contributed by atoms with Gasteiger partial charge in [0.15, 0.2) is 4.80 Å². The Kier molecular flexibility index (Phi) is 9.46. The molecule has 0 aliphatic rings. The molecule has 0 bridgehead atoms. The topological polar surface area (TPSA) is 72.4 Å². The van der Waals surface area contributed by atoms with Gasteiger partial charge in [-0.05, 0) is 74.0 Å². The third-order valence-electron chi connectivity index (χ3n) is 6.34. The number of benzene rings is 3. The average Bonchev–Trinajstić information content (AvgIpc) is 3.29. The highest BCUT2D eigenvalue weighted by Crippen LogP contribution is 2.20. The van der Waals surface area contributed by atoms with E-state index in [4.69, 9.17) is 10.7 Å². The summed E-state index contributed by atoms with van der Waals surface area (Å²) >= 11 is 1.51. The minimum atomic E-state index is -0.137. The maximum Gasteiger partial charge on any atom is 0.269 e. The van der Waals surface area contributed by atoms with E-state index in [2.05, 4.69) is 66.2 Å². The van der Waals surface area contributed by atoms with Gasteiger partial charge in [-0.2, -0.15) is 0 Å². The first-order chi connectivity index (χ1) is 18.0. The molecule has 0 spiro atoms. The first-order valence-corrected chi connectivity index (χ1v) is 13.8. The maximum absolute atomic E-state index is 13.7. The second-order valence-electron chi connectivity index (χ2n) is 9.49. The molecule has 1 atom stereocenters. The van der Waals surface area contributed by atoms with Crippen LogP contribution in [-0.2, 0) is 13.0 Å². The standard InChI is InChI=1S/C31H36N4OS/c1-23-18-24(2)20-27(19-23)33-31-35(17-11-5-10-16-32)29(22-37-31)30(36)34-28(26-14-8-4-9-15-26)21-25-12-6-3-7-13-25/h3-4,6-9,12-15,18-20,22,28H,5,10-11,16-17,21,32H2,1-2H3,(H,34,36). The molecule has 0 saturated heterocycles. The highest BCUT2D eigenvalue weighted by Gasteiger charge is 2.20. The van der Waals surface area contributed by atoms with E-state index in [9.17, 15) is 4.79 Å². The van der Waals surface area contributed by atoms with Crippen LogP contribution >= 0.6 is 11.3 Å². The number of unbranched alkanes of at least 4 members (excludes halogenated alkanes) is 2. The smallest absolute Gasteiger partial charge is 0.269 e. The molecule has 37 heavy (non-hydrogen) atoms. The number of nitrogens with two attached hydrogens (primary N) is 1. The largest absolute Gasteiger partial charge is 0.344 e. The third kappa shape index (κ3) is 7.51. The first-order valence-electron chi connectivity index (χ1n) is 12.9. The zero-order chi connectivity index (χ0) is 26.0. The summed E-state index contributed by atoms with van der Waals surface area (Å²) in [4.78, 5) is 19.5. The number of carbonyl (C=O) groups is 1. The second kappa shape index (κ2) is 13.2. The van der Waals surface area contributed by atoms with Crippen molar-refractivity contribution in [3.8, 4) is 0 Å². The van der Waals surface area contributed by atoms with E-state index in [1.807, 2.05) is 41.8 Å². The molecule has 0 fully saturated rings. The molecule has 0 aliphatic carbocycles. The van der Waals surface area contributed by atoms with Crippen molar-refractivity contribution in [3.05, 3.63) is 117 Å². The minimum Gasteiger partial charge on any atom is -0.344 e. The van der Waals surface area contributed by atoms with E-state index in [1.54, 1.807) is 0 Å². The number of hydrogen-bond donors (Lipinski definition) is 2. The van der Waals surface area contributed by atoms with Crippen molar-refractivity contribution in [1.82, 2.24) is 9.88 Å². The van der Waals surface area contributed by atoms with Crippen molar-refractivity contribution in [3.63, 3.8) is 0 Å². The normalized spacial score (nSPS) is 12.5. The van der Waals surface area contributed by atoms with Crippen LogP contribution in [0.15, 0.2) is 89.2 Å². The Balaban J connectivity index is 1.65. The Morgan fingerprint density at radius 3 is 2.30 bits per heavy atom. The molecule has 1 aromatic heterocycles. The molecule has 0 radical (unpaired) electrons. The molecule has 0 saturated carbocycles. The van der Waals surface area contributed by atoms with Crippen LogP contribution < -0.4 is 15.9 Å². The van der Waals surface area contributed by atoms with Crippen LogP contribution in [-0.4, -0.2) is 17.0 Å². The van der Waals surface area contributed by atoms with Crippen LogP contribution in [0.1, 0.15) is 58.0 Å². The molecule has 5 nitrogen and oxygen atoms in total. The molecule has 3 aromatic carbocycles. The molecule has 0 aliphatic heterocycles. The van der Waals surface area contributed by atoms with Gasteiger partial charge >= 0.3 is 0 Å². The Morgan fingerprint density at radius 1 is 0.946 bits per heavy atom. The molecule has 192 valence electrons. The van der Waals surface area contributed by atoms with Gasteiger partial charge in [-0.1, -0.05) is 73.2 Å². The molecule has 6 heteroatoms.